The number of benzene rings is 2. The predicted molar refractivity (Wildman–Crippen MR) is 88.6 cm³/mol. The number of nitrogens with one attached hydrogen (secondary N) is 1. The van der Waals surface area contributed by atoms with Gasteiger partial charge in [0.25, 0.3) is 0 Å². The van der Waals surface area contributed by atoms with E-state index in [1.54, 1.807) is 7.11 Å². The first-order valence-electron chi connectivity index (χ1n) is 7.77. The molecular weight excluding hydrogens is 274 g/mol. The normalized spacial score (nSPS) is 16.8. The molecular formula is C19H23NO2. The van der Waals surface area contributed by atoms with Crippen LogP contribution in [0.15, 0.2) is 36.4 Å². The summed E-state index contributed by atoms with van der Waals surface area (Å²) in [6, 6.07) is 12.9. The largest absolute Gasteiger partial charge is 0.497 e. The lowest BCUT2D eigenvalue weighted by molar-refractivity contribution is 0.251. The Labute approximate surface area is 132 Å². The topological polar surface area (TPSA) is 30.5 Å². The van der Waals surface area contributed by atoms with Crippen LogP contribution in [0.25, 0.3) is 0 Å². The van der Waals surface area contributed by atoms with Crippen molar-refractivity contribution in [2.45, 2.75) is 32.9 Å². The molecule has 0 radical (unpaired) electrons. The molecule has 3 heteroatoms. The molecule has 0 saturated heterocycles. The first kappa shape index (κ1) is 14.9. The molecule has 0 saturated carbocycles. The third-order valence-corrected chi connectivity index (χ3v) is 4.22. The van der Waals surface area contributed by atoms with Gasteiger partial charge in [0.2, 0.25) is 0 Å². The minimum Gasteiger partial charge on any atom is -0.497 e. The fraction of sp³-hybridized carbons (Fsp3) is 0.368. The van der Waals surface area contributed by atoms with Crippen molar-refractivity contribution >= 4 is 0 Å². The van der Waals surface area contributed by atoms with Gasteiger partial charge in [0.15, 0.2) is 0 Å². The van der Waals surface area contributed by atoms with Crippen LogP contribution in [0.3, 0.4) is 0 Å². The Morgan fingerprint density at radius 3 is 2.68 bits per heavy atom. The zero-order valence-corrected chi connectivity index (χ0v) is 13.5. The fourth-order valence-electron chi connectivity index (χ4n) is 3.13. The summed E-state index contributed by atoms with van der Waals surface area (Å²) < 4.78 is 11.0. The van der Waals surface area contributed by atoms with Gasteiger partial charge in [-0.25, -0.2) is 0 Å². The van der Waals surface area contributed by atoms with Crippen molar-refractivity contribution in [2.24, 2.45) is 0 Å². The second-order valence-electron chi connectivity index (χ2n) is 5.91. The smallest absolute Gasteiger partial charge is 0.124 e. The lowest BCUT2D eigenvalue weighted by Crippen LogP contribution is -2.27. The second kappa shape index (κ2) is 6.41. The molecule has 0 aromatic heterocycles. The molecule has 1 atom stereocenters. The first-order valence-corrected chi connectivity index (χ1v) is 7.77. The number of rotatable bonds is 4. The van der Waals surface area contributed by atoms with Crippen molar-refractivity contribution in [3.8, 4) is 11.5 Å². The third kappa shape index (κ3) is 3.09. The van der Waals surface area contributed by atoms with Crippen molar-refractivity contribution < 1.29 is 9.47 Å². The van der Waals surface area contributed by atoms with Crippen molar-refractivity contribution in [1.82, 2.24) is 5.32 Å². The van der Waals surface area contributed by atoms with Gasteiger partial charge in [-0.3, -0.25) is 0 Å². The monoisotopic (exact) mass is 297 g/mol. The molecule has 0 amide bonds. The van der Waals surface area contributed by atoms with Gasteiger partial charge >= 0.3 is 0 Å². The summed E-state index contributed by atoms with van der Waals surface area (Å²) in [5.41, 5.74) is 5.14. The molecule has 2 aromatic carbocycles. The van der Waals surface area contributed by atoms with Gasteiger partial charge in [0.05, 0.1) is 13.7 Å². The van der Waals surface area contributed by atoms with Crippen LogP contribution in [0.1, 0.15) is 34.7 Å². The van der Waals surface area contributed by atoms with Crippen molar-refractivity contribution in [2.75, 3.05) is 13.7 Å². The van der Waals surface area contributed by atoms with Gasteiger partial charge in [0.1, 0.15) is 11.5 Å². The maximum atomic E-state index is 5.84. The summed E-state index contributed by atoms with van der Waals surface area (Å²) in [4.78, 5) is 0. The van der Waals surface area contributed by atoms with E-state index in [0.717, 1.165) is 31.1 Å². The Kier molecular flexibility index (Phi) is 4.34. The SMILES string of the molecule is COc1ccc(CNC2CCOc3cc(C)cc(C)c32)cc1. The maximum Gasteiger partial charge on any atom is 0.124 e. The minimum atomic E-state index is 0.353. The van der Waals surface area contributed by atoms with Crippen molar-refractivity contribution in [3.05, 3.63) is 58.7 Å². The lowest BCUT2D eigenvalue weighted by Gasteiger charge is -2.29. The van der Waals surface area contributed by atoms with Gasteiger partial charge in [0, 0.05) is 24.6 Å². The van der Waals surface area contributed by atoms with Crippen LogP contribution in [-0.2, 0) is 6.54 Å². The van der Waals surface area contributed by atoms with Gasteiger partial charge in [-0.05, 0) is 48.7 Å². The molecule has 116 valence electrons. The number of methoxy groups -OCH3 is 1. The van der Waals surface area contributed by atoms with E-state index in [2.05, 4.69) is 43.4 Å². The molecule has 1 N–H and O–H groups in total. The number of hydrogen-bond acceptors (Lipinski definition) is 3. The van der Waals surface area contributed by atoms with Gasteiger partial charge in [-0.1, -0.05) is 18.2 Å². The quantitative estimate of drug-likeness (QED) is 0.927. The molecule has 1 aliphatic heterocycles. The molecule has 1 heterocycles. The fourth-order valence-corrected chi connectivity index (χ4v) is 3.13. The number of hydrogen-bond donors (Lipinski definition) is 1. The second-order valence-corrected chi connectivity index (χ2v) is 5.91. The number of aryl methyl sites for hydroxylation is 2. The van der Waals surface area contributed by atoms with Crippen LogP contribution >= 0.6 is 0 Å². The third-order valence-electron chi connectivity index (χ3n) is 4.22. The van der Waals surface area contributed by atoms with Crippen molar-refractivity contribution in [1.29, 1.82) is 0 Å². The van der Waals surface area contributed by atoms with E-state index in [9.17, 15) is 0 Å². The molecule has 0 fully saturated rings. The zero-order valence-electron chi connectivity index (χ0n) is 13.5. The Morgan fingerprint density at radius 2 is 1.95 bits per heavy atom. The number of ether oxygens (including phenoxy) is 2. The van der Waals surface area contributed by atoms with Gasteiger partial charge in [-0.15, -0.1) is 0 Å². The number of fused-ring (bicyclic) bond motifs is 1. The van der Waals surface area contributed by atoms with Crippen LogP contribution in [-0.4, -0.2) is 13.7 Å². The highest BCUT2D eigenvalue weighted by Gasteiger charge is 2.23. The molecule has 0 spiro atoms. The predicted octanol–water partition coefficient (Wildman–Crippen LogP) is 3.93. The average Bonchev–Trinajstić information content (AvgIpc) is 2.52. The van der Waals surface area contributed by atoms with E-state index in [4.69, 9.17) is 9.47 Å². The Morgan fingerprint density at radius 1 is 1.18 bits per heavy atom. The van der Waals surface area contributed by atoms with Crippen LogP contribution in [0, 0.1) is 13.8 Å². The summed E-state index contributed by atoms with van der Waals surface area (Å²) >= 11 is 0. The van der Waals surface area contributed by atoms with E-state index >= 15 is 0 Å². The summed E-state index contributed by atoms with van der Waals surface area (Å²) in [5, 5.41) is 3.67. The standard InChI is InChI=1S/C19H23NO2/c1-13-10-14(2)19-17(8-9-22-18(19)11-13)20-12-15-4-6-16(21-3)7-5-15/h4-7,10-11,17,20H,8-9,12H2,1-3H3. The molecule has 1 aliphatic rings. The molecule has 2 aromatic rings. The van der Waals surface area contributed by atoms with Crippen molar-refractivity contribution in [3.63, 3.8) is 0 Å². The highest BCUT2D eigenvalue weighted by molar-refractivity contribution is 5.46. The summed E-state index contributed by atoms with van der Waals surface area (Å²) in [6.07, 6.45) is 1.01. The summed E-state index contributed by atoms with van der Waals surface area (Å²) in [5.74, 6) is 1.93. The lowest BCUT2D eigenvalue weighted by atomic mass is 9.94. The molecule has 3 rings (SSSR count). The van der Waals surface area contributed by atoms with Gasteiger partial charge < -0.3 is 14.8 Å². The summed E-state index contributed by atoms with van der Waals surface area (Å²) in [6.45, 7) is 5.91. The van der Waals surface area contributed by atoms with Crippen LogP contribution in [0.4, 0.5) is 0 Å². The van der Waals surface area contributed by atoms with E-state index in [1.165, 1.54) is 22.3 Å². The van der Waals surface area contributed by atoms with Gasteiger partial charge in [-0.2, -0.15) is 0 Å². The Bertz CT molecular complexity index is 649. The van der Waals surface area contributed by atoms with E-state index in [-0.39, 0.29) is 0 Å². The van der Waals surface area contributed by atoms with E-state index in [0.29, 0.717) is 6.04 Å². The average molecular weight is 297 g/mol. The Hall–Kier alpha value is -2.00. The molecule has 22 heavy (non-hydrogen) atoms. The maximum absolute atomic E-state index is 5.84. The minimum absolute atomic E-state index is 0.353. The molecule has 0 bridgehead atoms. The van der Waals surface area contributed by atoms with E-state index in [1.807, 2.05) is 12.1 Å². The van der Waals surface area contributed by atoms with Crippen LogP contribution in [0.5, 0.6) is 11.5 Å². The highest BCUT2D eigenvalue weighted by Crippen LogP contribution is 2.35. The van der Waals surface area contributed by atoms with E-state index < -0.39 is 0 Å². The molecule has 1 unspecified atom stereocenters. The zero-order chi connectivity index (χ0) is 15.5. The Balaban J connectivity index is 1.74. The van der Waals surface area contributed by atoms with Crippen LogP contribution < -0.4 is 14.8 Å². The highest BCUT2D eigenvalue weighted by atomic mass is 16.5. The molecule has 3 nitrogen and oxygen atoms in total. The van der Waals surface area contributed by atoms with Crippen LogP contribution in [0.2, 0.25) is 0 Å². The molecule has 0 aliphatic carbocycles. The first-order chi connectivity index (χ1) is 10.7. The summed E-state index contributed by atoms with van der Waals surface area (Å²) in [7, 11) is 1.69.